The number of carbonyl (C=O) groups excluding carboxylic acids is 1. The van der Waals surface area contributed by atoms with Crippen LogP contribution < -0.4 is 11.5 Å². The molecule has 0 radical (unpaired) electrons. The van der Waals surface area contributed by atoms with Gasteiger partial charge in [0.15, 0.2) is 11.0 Å². The van der Waals surface area contributed by atoms with Crippen molar-refractivity contribution in [1.29, 1.82) is 0 Å². The van der Waals surface area contributed by atoms with Crippen molar-refractivity contribution in [2.45, 2.75) is 13.8 Å². The summed E-state index contributed by atoms with van der Waals surface area (Å²) >= 11 is 5.80. The first-order valence-electron chi connectivity index (χ1n) is 7.04. The first-order valence-corrected chi connectivity index (χ1v) is 7.42. The number of nitrogens with two attached hydrogens (primary N) is 2. The lowest BCUT2D eigenvalue weighted by Crippen LogP contribution is -2.14. The van der Waals surface area contributed by atoms with Crippen LogP contribution in [0.15, 0.2) is 28.7 Å². The molecule has 5 N–H and O–H groups in total. The second-order valence-corrected chi connectivity index (χ2v) is 5.74. The van der Waals surface area contributed by atoms with Gasteiger partial charge in [0.25, 0.3) is 5.91 Å². The third-order valence-corrected chi connectivity index (χ3v) is 3.99. The highest BCUT2D eigenvalue weighted by atomic mass is 35.5. The van der Waals surface area contributed by atoms with Crippen LogP contribution in [0.4, 0.5) is 5.82 Å². The van der Waals surface area contributed by atoms with E-state index in [1.54, 1.807) is 25.1 Å². The molecule has 24 heavy (non-hydrogen) atoms. The number of aromatic nitrogens is 2. The van der Waals surface area contributed by atoms with Crippen LogP contribution >= 0.6 is 11.6 Å². The zero-order chi connectivity index (χ0) is 17.6. The molecule has 0 fully saturated rings. The zero-order valence-electron chi connectivity index (χ0n) is 13.0. The summed E-state index contributed by atoms with van der Waals surface area (Å²) in [6.07, 6.45) is 0. The Bertz CT molecular complexity index is 959. The summed E-state index contributed by atoms with van der Waals surface area (Å²) in [4.78, 5) is 11.9. The van der Waals surface area contributed by atoms with Crippen LogP contribution in [0.5, 0.6) is 5.75 Å². The summed E-state index contributed by atoms with van der Waals surface area (Å²) in [5, 5.41) is 14.5. The molecular weight excluding hydrogens is 332 g/mol. The number of aryl methyl sites for hydroxylation is 1. The molecule has 0 saturated heterocycles. The molecule has 0 saturated carbocycles. The smallest absolute Gasteiger partial charge is 0.254 e. The van der Waals surface area contributed by atoms with Crippen molar-refractivity contribution >= 4 is 23.3 Å². The van der Waals surface area contributed by atoms with E-state index in [2.05, 4.69) is 5.10 Å². The maximum absolute atomic E-state index is 11.9. The number of phenolic OH excluding ortho intramolecular Hbond substituents is 1. The largest absolute Gasteiger partial charge is 0.508 e. The Balaban J connectivity index is 2.32. The first-order chi connectivity index (χ1) is 11.3. The molecule has 0 bridgehead atoms. The number of rotatable bonds is 3. The van der Waals surface area contributed by atoms with Gasteiger partial charge in [0.1, 0.15) is 22.8 Å². The van der Waals surface area contributed by atoms with Crippen molar-refractivity contribution in [2.75, 3.05) is 5.73 Å². The van der Waals surface area contributed by atoms with Gasteiger partial charge in [0.2, 0.25) is 0 Å². The summed E-state index contributed by atoms with van der Waals surface area (Å²) in [6, 6.07) is 6.41. The highest BCUT2D eigenvalue weighted by molar-refractivity contribution is 6.29. The number of carbonyl (C=O) groups is 1. The molecular formula is C16H15ClN4O3. The Labute approximate surface area is 142 Å². The molecule has 1 aromatic carbocycles. The van der Waals surface area contributed by atoms with Crippen molar-refractivity contribution in [3.05, 3.63) is 46.2 Å². The lowest BCUT2D eigenvalue weighted by Gasteiger charge is -2.12. The molecule has 1 amide bonds. The number of nitrogens with zero attached hydrogens (tertiary/aromatic N) is 2. The standard InChI is InChI=1S/C16H15ClN4O3/c1-7-3-4-9(22)8(2)14(7)21-15(18)12(16(19)23)13(20-21)10-5-6-11(17)24-10/h3-6,22H,18H2,1-2H3,(H2,19,23). The number of halogens is 1. The Morgan fingerprint density at radius 2 is 2.00 bits per heavy atom. The molecule has 0 spiro atoms. The van der Waals surface area contributed by atoms with Gasteiger partial charge < -0.3 is 21.0 Å². The molecule has 3 aromatic rings. The summed E-state index contributed by atoms with van der Waals surface area (Å²) < 4.78 is 6.70. The van der Waals surface area contributed by atoms with E-state index in [1.807, 2.05) is 6.92 Å². The molecule has 0 atom stereocenters. The average Bonchev–Trinajstić information content (AvgIpc) is 3.08. The van der Waals surface area contributed by atoms with E-state index in [1.165, 1.54) is 10.7 Å². The molecule has 0 aliphatic rings. The molecule has 8 heteroatoms. The number of hydrogen-bond acceptors (Lipinski definition) is 5. The number of primary amides is 1. The van der Waals surface area contributed by atoms with Crippen LogP contribution in [0, 0.1) is 13.8 Å². The van der Waals surface area contributed by atoms with Crippen LogP contribution in [0.1, 0.15) is 21.5 Å². The van der Waals surface area contributed by atoms with Crippen LogP contribution in [0.3, 0.4) is 0 Å². The van der Waals surface area contributed by atoms with E-state index in [9.17, 15) is 9.90 Å². The fourth-order valence-corrected chi connectivity index (χ4v) is 2.76. The van der Waals surface area contributed by atoms with Gasteiger partial charge in [0, 0.05) is 5.56 Å². The molecule has 124 valence electrons. The summed E-state index contributed by atoms with van der Waals surface area (Å²) in [7, 11) is 0. The predicted molar refractivity (Wildman–Crippen MR) is 90.3 cm³/mol. The minimum absolute atomic E-state index is 0.0307. The Morgan fingerprint density at radius 3 is 2.58 bits per heavy atom. The Morgan fingerprint density at radius 1 is 1.29 bits per heavy atom. The summed E-state index contributed by atoms with van der Waals surface area (Å²) in [5.41, 5.74) is 13.8. The van der Waals surface area contributed by atoms with Gasteiger partial charge in [-0.3, -0.25) is 4.79 Å². The maximum atomic E-state index is 11.9. The van der Waals surface area contributed by atoms with Crippen molar-refractivity contribution in [3.8, 4) is 22.9 Å². The molecule has 7 nitrogen and oxygen atoms in total. The number of amides is 1. The van der Waals surface area contributed by atoms with Gasteiger partial charge in [-0.1, -0.05) is 6.07 Å². The summed E-state index contributed by atoms with van der Waals surface area (Å²) in [6.45, 7) is 3.57. The van der Waals surface area contributed by atoms with Gasteiger partial charge in [-0.25, -0.2) is 4.68 Å². The zero-order valence-corrected chi connectivity index (χ0v) is 13.8. The minimum atomic E-state index is -0.739. The summed E-state index contributed by atoms with van der Waals surface area (Å²) in [5.74, 6) is -0.318. The predicted octanol–water partition coefficient (Wildman–Crippen LogP) is 2.79. The number of nitrogen functional groups attached to an aromatic ring is 1. The second kappa shape index (κ2) is 5.61. The lowest BCUT2D eigenvalue weighted by molar-refractivity contribution is 0.100. The van der Waals surface area contributed by atoms with Crippen molar-refractivity contribution in [1.82, 2.24) is 9.78 Å². The molecule has 3 rings (SSSR count). The van der Waals surface area contributed by atoms with E-state index in [0.29, 0.717) is 11.3 Å². The van der Waals surface area contributed by atoms with E-state index in [0.717, 1.165) is 5.56 Å². The van der Waals surface area contributed by atoms with E-state index in [-0.39, 0.29) is 33.8 Å². The first kappa shape index (κ1) is 15.9. The Hall–Kier alpha value is -2.93. The number of anilines is 1. The third kappa shape index (κ3) is 2.39. The maximum Gasteiger partial charge on any atom is 0.254 e. The van der Waals surface area contributed by atoms with Crippen LogP contribution in [-0.2, 0) is 0 Å². The third-order valence-electron chi connectivity index (χ3n) is 3.79. The molecule has 0 aliphatic heterocycles. The molecule has 2 aromatic heterocycles. The Kier molecular flexibility index (Phi) is 3.73. The van der Waals surface area contributed by atoms with Crippen LogP contribution in [-0.4, -0.2) is 20.8 Å². The van der Waals surface area contributed by atoms with Gasteiger partial charge in [-0.15, -0.1) is 0 Å². The fraction of sp³-hybridized carbons (Fsp3) is 0.125. The average molecular weight is 347 g/mol. The molecule has 0 unspecified atom stereocenters. The van der Waals surface area contributed by atoms with Gasteiger partial charge in [-0.2, -0.15) is 5.10 Å². The molecule has 2 heterocycles. The van der Waals surface area contributed by atoms with E-state index in [4.69, 9.17) is 27.5 Å². The SMILES string of the molecule is Cc1ccc(O)c(C)c1-n1nc(-c2ccc(Cl)o2)c(C(N)=O)c1N. The van der Waals surface area contributed by atoms with Crippen LogP contribution in [0.2, 0.25) is 5.22 Å². The lowest BCUT2D eigenvalue weighted by atomic mass is 10.1. The molecule has 0 aliphatic carbocycles. The topological polar surface area (TPSA) is 120 Å². The minimum Gasteiger partial charge on any atom is -0.508 e. The number of furan rings is 1. The number of benzene rings is 1. The van der Waals surface area contributed by atoms with Gasteiger partial charge in [-0.05, 0) is 49.2 Å². The number of aromatic hydroxyl groups is 1. The van der Waals surface area contributed by atoms with Crippen molar-refractivity contribution in [2.24, 2.45) is 5.73 Å². The fourth-order valence-electron chi connectivity index (χ4n) is 2.61. The van der Waals surface area contributed by atoms with Crippen molar-refractivity contribution in [3.63, 3.8) is 0 Å². The van der Waals surface area contributed by atoms with Gasteiger partial charge in [0.05, 0.1) is 5.69 Å². The van der Waals surface area contributed by atoms with Crippen LogP contribution in [0.25, 0.3) is 17.1 Å². The van der Waals surface area contributed by atoms with E-state index < -0.39 is 5.91 Å². The van der Waals surface area contributed by atoms with Crippen molar-refractivity contribution < 1.29 is 14.3 Å². The number of hydrogen-bond donors (Lipinski definition) is 3. The van der Waals surface area contributed by atoms with Gasteiger partial charge >= 0.3 is 0 Å². The van der Waals surface area contributed by atoms with E-state index >= 15 is 0 Å². The highest BCUT2D eigenvalue weighted by Crippen LogP contribution is 2.34. The second-order valence-electron chi connectivity index (χ2n) is 5.36. The normalized spacial score (nSPS) is 11.0. The monoisotopic (exact) mass is 346 g/mol. The number of phenols is 1. The quantitative estimate of drug-likeness (QED) is 0.673. The highest BCUT2D eigenvalue weighted by Gasteiger charge is 2.25.